The van der Waals surface area contributed by atoms with E-state index in [1.807, 2.05) is 18.5 Å². The first-order chi connectivity index (χ1) is 7.75. The Balaban J connectivity index is 1.84. The standard InChI is InChI=1S/C10H14N6/c1-8-5-12-10(13-6-8)11-4-3-9-15-14-7-16(9)2/h5-7H,3-4H2,1-2H3,(H,11,12,13). The summed E-state index contributed by atoms with van der Waals surface area (Å²) in [6.45, 7) is 2.71. The van der Waals surface area contributed by atoms with Gasteiger partial charge in [0.15, 0.2) is 0 Å². The molecule has 84 valence electrons. The van der Waals surface area contributed by atoms with Crippen molar-refractivity contribution in [3.63, 3.8) is 0 Å². The van der Waals surface area contributed by atoms with Gasteiger partial charge in [0.05, 0.1) is 0 Å². The van der Waals surface area contributed by atoms with E-state index < -0.39 is 0 Å². The van der Waals surface area contributed by atoms with E-state index in [2.05, 4.69) is 25.5 Å². The maximum Gasteiger partial charge on any atom is 0.222 e. The molecule has 6 heteroatoms. The van der Waals surface area contributed by atoms with Crippen molar-refractivity contribution in [2.75, 3.05) is 11.9 Å². The first kappa shape index (κ1) is 10.5. The largest absolute Gasteiger partial charge is 0.354 e. The Kier molecular flexibility index (Phi) is 3.09. The highest BCUT2D eigenvalue weighted by Gasteiger charge is 2.00. The minimum Gasteiger partial charge on any atom is -0.354 e. The van der Waals surface area contributed by atoms with Crippen LogP contribution in [-0.2, 0) is 13.5 Å². The second kappa shape index (κ2) is 4.69. The number of nitrogens with one attached hydrogen (secondary N) is 1. The minimum atomic E-state index is 0.646. The van der Waals surface area contributed by atoms with Crippen molar-refractivity contribution in [2.24, 2.45) is 7.05 Å². The zero-order chi connectivity index (χ0) is 11.4. The monoisotopic (exact) mass is 218 g/mol. The quantitative estimate of drug-likeness (QED) is 0.812. The smallest absolute Gasteiger partial charge is 0.222 e. The molecular formula is C10H14N6. The molecule has 2 rings (SSSR count). The van der Waals surface area contributed by atoms with Crippen LogP contribution in [0.5, 0.6) is 0 Å². The first-order valence-electron chi connectivity index (χ1n) is 5.11. The molecule has 0 saturated carbocycles. The van der Waals surface area contributed by atoms with E-state index in [-0.39, 0.29) is 0 Å². The number of hydrogen-bond donors (Lipinski definition) is 1. The van der Waals surface area contributed by atoms with Crippen molar-refractivity contribution in [1.82, 2.24) is 24.7 Å². The summed E-state index contributed by atoms with van der Waals surface area (Å²) in [6, 6.07) is 0. The predicted molar refractivity (Wildman–Crippen MR) is 60.0 cm³/mol. The number of aryl methyl sites for hydroxylation is 2. The van der Waals surface area contributed by atoms with E-state index in [1.165, 1.54) is 0 Å². The average molecular weight is 218 g/mol. The number of hydrogen-bond acceptors (Lipinski definition) is 5. The lowest BCUT2D eigenvalue weighted by atomic mass is 10.4. The molecule has 6 nitrogen and oxygen atoms in total. The normalized spacial score (nSPS) is 10.4. The van der Waals surface area contributed by atoms with Gasteiger partial charge in [0, 0.05) is 32.4 Å². The molecular weight excluding hydrogens is 204 g/mol. The van der Waals surface area contributed by atoms with Crippen molar-refractivity contribution in [1.29, 1.82) is 0 Å². The van der Waals surface area contributed by atoms with Crippen LogP contribution < -0.4 is 5.32 Å². The average Bonchev–Trinajstić information content (AvgIpc) is 2.68. The zero-order valence-electron chi connectivity index (χ0n) is 9.38. The zero-order valence-corrected chi connectivity index (χ0v) is 9.38. The number of nitrogens with zero attached hydrogens (tertiary/aromatic N) is 5. The van der Waals surface area contributed by atoms with Gasteiger partial charge in [-0.2, -0.15) is 0 Å². The Morgan fingerprint density at radius 2 is 2.06 bits per heavy atom. The maximum atomic E-state index is 4.15. The summed E-state index contributed by atoms with van der Waals surface area (Å²) >= 11 is 0. The summed E-state index contributed by atoms with van der Waals surface area (Å²) in [4.78, 5) is 8.31. The highest BCUT2D eigenvalue weighted by atomic mass is 15.2. The fourth-order valence-electron chi connectivity index (χ4n) is 1.30. The van der Waals surface area contributed by atoms with E-state index in [4.69, 9.17) is 0 Å². The van der Waals surface area contributed by atoms with Crippen LogP contribution in [0, 0.1) is 6.92 Å². The van der Waals surface area contributed by atoms with Gasteiger partial charge in [-0.15, -0.1) is 10.2 Å². The maximum absolute atomic E-state index is 4.15. The second-order valence-corrected chi connectivity index (χ2v) is 3.62. The molecule has 0 saturated heterocycles. The molecule has 0 radical (unpaired) electrons. The van der Waals surface area contributed by atoms with Crippen LogP contribution in [0.15, 0.2) is 18.7 Å². The van der Waals surface area contributed by atoms with E-state index in [0.717, 1.165) is 24.4 Å². The van der Waals surface area contributed by atoms with Crippen LogP contribution in [0.2, 0.25) is 0 Å². The predicted octanol–water partition coefficient (Wildman–Crippen LogP) is 0.568. The summed E-state index contributed by atoms with van der Waals surface area (Å²) < 4.78 is 1.90. The fraction of sp³-hybridized carbons (Fsp3) is 0.400. The molecule has 2 heterocycles. The van der Waals surface area contributed by atoms with Crippen LogP contribution in [-0.4, -0.2) is 31.3 Å². The molecule has 0 aliphatic carbocycles. The Morgan fingerprint density at radius 1 is 1.31 bits per heavy atom. The summed E-state index contributed by atoms with van der Waals surface area (Å²) in [5.41, 5.74) is 1.05. The van der Waals surface area contributed by atoms with E-state index >= 15 is 0 Å². The summed E-state index contributed by atoms with van der Waals surface area (Å²) in [5, 5.41) is 10.9. The lowest BCUT2D eigenvalue weighted by molar-refractivity contribution is 0.785. The Morgan fingerprint density at radius 3 is 2.69 bits per heavy atom. The lowest BCUT2D eigenvalue weighted by Gasteiger charge is -2.03. The van der Waals surface area contributed by atoms with E-state index in [1.54, 1.807) is 18.7 Å². The molecule has 1 N–H and O–H groups in total. The lowest BCUT2D eigenvalue weighted by Crippen LogP contribution is -2.10. The fourth-order valence-corrected chi connectivity index (χ4v) is 1.30. The second-order valence-electron chi connectivity index (χ2n) is 3.62. The molecule has 0 amide bonds. The van der Waals surface area contributed by atoms with Gasteiger partial charge in [-0.25, -0.2) is 9.97 Å². The van der Waals surface area contributed by atoms with Gasteiger partial charge in [-0.3, -0.25) is 0 Å². The Bertz CT molecular complexity index is 447. The molecule has 2 aromatic heterocycles. The highest BCUT2D eigenvalue weighted by Crippen LogP contribution is 1.99. The van der Waals surface area contributed by atoms with Gasteiger partial charge in [0.25, 0.3) is 0 Å². The van der Waals surface area contributed by atoms with Crippen molar-refractivity contribution < 1.29 is 0 Å². The summed E-state index contributed by atoms with van der Waals surface area (Å²) in [5.74, 6) is 1.59. The Labute approximate surface area is 93.8 Å². The van der Waals surface area contributed by atoms with Gasteiger partial charge >= 0.3 is 0 Å². The number of aromatic nitrogens is 5. The van der Waals surface area contributed by atoms with Gasteiger partial charge in [-0.1, -0.05) is 0 Å². The third-order valence-electron chi connectivity index (χ3n) is 2.22. The number of anilines is 1. The number of rotatable bonds is 4. The molecule has 0 aromatic carbocycles. The molecule has 0 atom stereocenters. The third-order valence-corrected chi connectivity index (χ3v) is 2.22. The van der Waals surface area contributed by atoms with Crippen LogP contribution in [0.3, 0.4) is 0 Å². The van der Waals surface area contributed by atoms with Crippen LogP contribution in [0.4, 0.5) is 5.95 Å². The van der Waals surface area contributed by atoms with Gasteiger partial charge in [-0.05, 0) is 12.5 Å². The molecule has 0 spiro atoms. The molecule has 0 bridgehead atoms. The van der Waals surface area contributed by atoms with E-state index in [9.17, 15) is 0 Å². The van der Waals surface area contributed by atoms with Crippen LogP contribution in [0.25, 0.3) is 0 Å². The minimum absolute atomic E-state index is 0.646. The molecule has 2 aromatic rings. The first-order valence-corrected chi connectivity index (χ1v) is 5.11. The summed E-state index contributed by atoms with van der Waals surface area (Å²) in [6.07, 6.45) is 6.07. The van der Waals surface area contributed by atoms with Crippen LogP contribution in [0.1, 0.15) is 11.4 Å². The van der Waals surface area contributed by atoms with Gasteiger partial charge in [0.2, 0.25) is 5.95 Å². The molecule has 0 aliphatic rings. The molecule has 0 aliphatic heterocycles. The topological polar surface area (TPSA) is 68.5 Å². The van der Waals surface area contributed by atoms with E-state index in [0.29, 0.717) is 5.95 Å². The molecule has 16 heavy (non-hydrogen) atoms. The van der Waals surface area contributed by atoms with Crippen molar-refractivity contribution in [3.05, 3.63) is 30.1 Å². The van der Waals surface area contributed by atoms with Crippen molar-refractivity contribution in [3.8, 4) is 0 Å². The highest BCUT2D eigenvalue weighted by molar-refractivity contribution is 5.24. The van der Waals surface area contributed by atoms with Crippen molar-refractivity contribution >= 4 is 5.95 Å². The van der Waals surface area contributed by atoms with Gasteiger partial charge in [0.1, 0.15) is 12.2 Å². The third kappa shape index (κ3) is 2.53. The summed E-state index contributed by atoms with van der Waals surface area (Å²) in [7, 11) is 1.93. The molecule has 0 unspecified atom stereocenters. The molecule has 0 fully saturated rings. The van der Waals surface area contributed by atoms with Gasteiger partial charge < -0.3 is 9.88 Å². The SMILES string of the molecule is Cc1cnc(NCCc2nncn2C)nc1. The Hall–Kier alpha value is -1.98. The van der Waals surface area contributed by atoms with Crippen molar-refractivity contribution in [2.45, 2.75) is 13.3 Å². The van der Waals surface area contributed by atoms with Crippen LogP contribution >= 0.6 is 0 Å².